The molecule has 0 N–H and O–H groups in total. The number of rotatable bonds is 1. The van der Waals surface area contributed by atoms with Gasteiger partial charge < -0.3 is 4.57 Å². The van der Waals surface area contributed by atoms with Crippen molar-refractivity contribution in [3.8, 4) is 16.8 Å². The molecule has 2 nitrogen and oxygen atoms in total. The van der Waals surface area contributed by atoms with Crippen molar-refractivity contribution in [1.82, 2.24) is 9.55 Å². The monoisotopic (exact) mass is 460 g/mol. The predicted octanol–water partition coefficient (Wildman–Crippen LogP) is 8.79. The molecule has 2 heterocycles. The van der Waals surface area contributed by atoms with E-state index >= 15 is 0 Å². The summed E-state index contributed by atoms with van der Waals surface area (Å²) in [5.74, 6) is 0. The summed E-state index contributed by atoms with van der Waals surface area (Å²) in [6.07, 6.45) is 3.80. The largest absolute Gasteiger partial charge is 0.309 e. The van der Waals surface area contributed by atoms with Crippen molar-refractivity contribution in [3.63, 3.8) is 0 Å². The Balaban J connectivity index is 1.48. The molecular formula is C34H24N2. The first-order chi connectivity index (χ1) is 17.6. The van der Waals surface area contributed by atoms with E-state index in [1.54, 1.807) is 0 Å². The summed E-state index contributed by atoms with van der Waals surface area (Å²) in [4.78, 5) is 4.29. The van der Waals surface area contributed by atoms with Crippen LogP contribution in [-0.2, 0) is 5.41 Å². The zero-order valence-corrected chi connectivity index (χ0v) is 20.3. The molecule has 1 aliphatic rings. The molecule has 5 aromatic carbocycles. The van der Waals surface area contributed by atoms with Crippen LogP contribution in [0.15, 0.2) is 109 Å². The van der Waals surface area contributed by atoms with Crippen LogP contribution in [0.1, 0.15) is 25.0 Å². The Morgan fingerprint density at radius 1 is 0.583 bits per heavy atom. The number of aromatic nitrogens is 2. The van der Waals surface area contributed by atoms with Gasteiger partial charge in [-0.2, -0.15) is 0 Å². The van der Waals surface area contributed by atoms with E-state index in [1.165, 1.54) is 65.9 Å². The first-order valence-corrected chi connectivity index (χ1v) is 12.6. The van der Waals surface area contributed by atoms with Crippen LogP contribution in [0.2, 0.25) is 0 Å². The SMILES string of the molecule is CC1(C)c2cc3ccccc3cc2-c2cc3c4ccccc4n(-c4ccc5cnccc5c4)c3cc21. The van der Waals surface area contributed by atoms with Crippen LogP contribution >= 0.6 is 0 Å². The lowest BCUT2D eigenvalue weighted by atomic mass is 9.81. The zero-order valence-electron chi connectivity index (χ0n) is 20.3. The van der Waals surface area contributed by atoms with Crippen LogP contribution in [-0.4, -0.2) is 9.55 Å². The summed E-state index contributed by atoms with van der Waals surface area (Å²) < 4.78 is 2.43. The highest BCUT2D eigenvalue weighted by Gasteiger charge is 2.36. The number of hydrogen-bond acceptors (Lipinski definition) is 1. The van der Waals surface area contributed by atoms with Gasteiger partial charge >= 0.3 is 0 Å². The molecule has 8 rings (SSSR count). The fourth-order valence-electron chi connectivity index (χ4n) is 6.37. The average molecular weight is 461 g/mol. The van der Waals surface area contributed by atoms with Gasteiger partial charge in [0.2, 0.25) is 0 Å². The number of nitrogens with zero attached hydrogens (tertiary/aromatic N) is 2. The van der Waals surface area contributed by atoms with Gasteiger partial charge in [-0.15, -0.1) is 0 Å². The van der Waals surface area contributed by atoms with Crippen LogP contribution < -0.4 is 0 Å². The fourth-order valence-corrected chi connectivity index (χ4v) is 6.37. The molecule has 1 aliphatic carbocycles. The molecule has 0 atom stereocenters. The van der Waals surface area contributed by atoms with Gasteiger partial charge in [-0.25, -0.2) is 0 Å². The van der Waals surface area contributed by atoms with Crippen LogP contribution in [0.4, 0.5) is 0 Å². The standard InChI is InChI=1S/C34H24N2/c1-34(2)30-17-22-8-4-3-7-21(22)16-27(30)28-18-29-26-9-5-6-10-32(26)36(33(29)19-31(28)34)25-12-11-24-20-35-14-13-23(24)15-25/h3-20H,1-2H3. The third-order valence-electron chi connectivity index (χ3n) is 8.22. The Kier molecular flexibility index (Phi) is 3.76. The minimum Gasteiger partial charge on any atom is -0.309 e. The number of benzene rings is 5. The molecule has 0 saturated carbocycles. The van der Waals surface area contributed by atoms with Gasteiger partial charge in [0.05, 0.1) is 11.0 Å². The molecule has 2 aromatic heterocycles. The van der Waals surface area contributed by atoms with Crippen molar-refractivity contribution in [2.45, 2.75) is 19.3 Å². The van der Waals surface area contributed by atoms with Gasteiger partial charge in [-0.1, -0.05) is 62.4 Å². The molecule has 0 bridgehead atoms. The third-order valence-corrected chi connectivity index (χ3v) is 8.22. The number of para-hydroxylation sites is 1. The second-order valence-corrected chi connectivity index (χ2v) is 10.5. The van der Waals surface area contributed by atoms with Gasteiger partial charge in [0.1, 0.15) is 0 Å². The lowest BCUT2D eigenvalue weighted by molar-refractivity contribution is 0.662. The molecule has 2 heteroatoms. The average Bonchev–Trinajstić information content (AvgIpc) is 3.35. The highest BCUT2D eigenvalue weighted by atomic mass is 15.0. The molecule has 170 valence electrons. The minimum atomic E-state index is -0.0702. The molecule has 0 amide bonds. The quantitative estimate of drug-likeness (QED) is 0.239. The lowest BCUT2D eigenvalue weighted by Gasteiger charge is -2.22. The molecule has 0 fully saturated rings. The van der Waals surface area contributed by atoms with Crippen LogP contribution in [0, 0.1) is 0 Å². The summed E-state index contributed by atoms with van der Waals surface area (Å²) in [7, 11) is 0. The van der Waals surface area contributed by atoms with Crippen molar-refractivity contribution >= 4 is 43.4 Å². The molecule has 7 aromatic rings. The molecule has 0 saturated heterocycles. The van der Waals surface area contributed by atoms with E-state index in [9.17, 15) is 0 Å². The van der Waals surface area contributed by atoms with Crippen LogP contribution in [0.25, 0.3) is 60.2 Å². The Bertz CT molecular complexity index is 2020. The summed E-state index contributed by atoms with van der Waals surface area (Å²) in [6, 6.07) is 35.9. The zero-order chi connectivity index (χ0) is 24.0. The highest BCUT2D eigenvalue weighted by Crippen LogP contribution is 2.52. The Hall–Kier alpha value is -4.43. The number of hydrogen-bond donors (Lipinski definition) is 0. The van der Waals surface area contributed by atoms with E-state index in [0.29, 0.717) is 0 Å². The van der Waals surface area contributed by atoms with Crippen molar-refractivity contribution < 1.29 is 0 Å². The first kappa shape index (κ1) is 19.8. The third kappa shape index (κ3) is 2.54. The summed E-state index contributed by atoms with van der Waals surface area (Å²) in [5, 5.41) is 7.56. The molecule has 0 spiro atoms. The molecular weight excluding hydrogens is 436 g/mol. The molecule has 36 heavy (non-hydrogen) atoms. The van der Waals surface area contributed by atoms with E-state index in [2.05, 4.69) is 120 Å². The van der Waals surface area contributed by atoms with Gasteiger partial charge in [-0.3, -0.25) is 4.98 Å². The molecule has 0 unspecified atom stereocenters. The Morgan fingerprint density at radius 3 is 2.19 bits per heavy atom. The second-order valence-electron chi connectivity index (χ2n) is 10.5. The predicted molar refractivity (Wildman–Crippen MR) is 151 cm³/mol. The highest BCUT2D eigenvalue weighted by molar-refractivity contribution is 6.12. The normalized spacial score (nSPS) is 14.1. The molecule has 0 radical (unpaired) electrons. The Labute approximate surface area is 209 Å². The first-order valence-electron chi connectivity index (χ1n) is 12.6. The number of fused-ring (bicyclic) bond motifs is 8. The minimum absolute atomic E-state index is 0.0702. The second kappa shape index (κ2) is 6.83. The van der Waals surface area contributed by atoms with Crippen LogP contribution in [0.3, 0.4) is 0 Å². The maximum Gasteiger partial charge on any atom is 0.0544 e. The van der Waals surface area contributed by atoms with E-state index < -0.39 is 0 Å². The van der Waals surface area contributed by atoms with Crippen molar-refractivity contribution in [2.24, 2.45) is 0 Å². The van der Waals surface area contributed by atoms with Gasteiger partial charge in [0, 0.05) is 39.7 Å². The lowest BCUT2D eigenvalue weighted by Crippen LogP contribution is -2.15. The maximum absolute atomic E-state index is 4.29. The number of pyridine rings is 1. The van der Waals surface area contributed by atoms with Gasteiger partial charge in [0.25, 0.3) is 0 Å². The summed E-state index contributed by atoms with van der Waals surface area (Å²) in [5.41, 5.74) is 9.15. The van der Waals surface area contributed by atoms with Crippen molar-refractivity contribution in [3.05, 3.63) is 121 Å². The maximum atomic E-state index is 4.29. The summed E-state index contributed by atoms with van der Waals surface area (Å²) >= 11 is 0. The van der Waals surface area contributed by atoms with Gasteiger partial charge in [-0.05, 0) is 86.9 Å². The van der Waals surface area contributed by atoms with Crippen molar-refractivity contribution in [2.75, 3.05) is 0 Å². The Morgan fingerprint density at radius 2 is 1.31 bits per heavy atom. The van der Waals surface area contributed by atoms with E-state index in [0.717, 1.165) is 5.39 Å². The fraction of sp³-hybridized carbons (Fsp3) is 0.0882. The van der Waals surface area contributed by atoms with E-state index in [4.69, 9.17) is 0 Å². The summed E-state index contributed by atoms with van der Waals surface area (Å²) in [6.45, 7) is 4.74. The van der Waals surface area contributed by atoms with Crippen LogP contribution in [0.5, 0.6) is 0 Å². The smallest absolute Gasteiger partial charge is 0.0544 e. The van der Waals surface area contributed by atoms with E-state index in [1.807, 2.05) is 12.4 Å². The van der Waals surface area contributed by atoms with Crippen molar-refractivity contribution in [1.29, 1.82) is 0 Å². The topological polar surface area (TPSA) is 17.8 Å². The van der Waals surface area contributed by atoms with Gasteiger partial charge in [0.15, 0.2) is 0 Å². The van der Waals surface area contributed by atoms with E-state index in [-0.39, 0.29) is 5.41 Å². The molecule has 0 aliphatic heterocycles.